The molecule has 162 valence electrons. The number of aliphatic hydroxyl groups excluding tert-OH is 1. The Kier molecular flexibility index (Phi) is 5.88. The summed E-state index contributed by atoms with van der Waals surface area (Å²) < 4.78 is 6.13. The van der Waals surface area contributed by atoms with Crippen LogP contribution in [0.3, 0.4) is 0 Å². The zero-order valence-corrected chi connectivity index (χ0v) is 18.6. The predicted molar refractivity (Wildman–Crippen MR) is 125 cm³/mol. The Balaban J connectivity index is 1.94. The van der Waals surface area contributed by atoms with Crippen molar-refractivity contribution in [3.63, 3.8) is 0 Å². The molecule has 2 aromatic heterocycles. The van der Waals surface area contributed by atoms with Crippen molar-refractivity contribution in [1.29, 1.82) is 0 Å². The Morgan fingerprint density at radius 2 is 1.78 bits per heavy atom. The Hall–Kier alpha value is -3.77. The van der Waals surface area contributed by atoms with Crippen molar-refractivity contribution in [2.75, 3.05) is 5.32 Å². The third-order valence-electron chi connectivity index (χ3n) is 5.18. The first-order valence-corrected chi connectivity index (χ1v) is 10.4. The number of amides is 1. The first-order chi connectivity index (χ1) is 15.3. The van der Waals surface area contributed by atoms with Crippen LogP contribution in [-0.2, 0) is 6.61 Å². The topological polar surface area (TPSA) is 87.7 Å². The second-order valence-corrected chi connectivity index (χ2v) is 8.02. The second kappa shape index (κ2) is 8.77. The molecule has 0 aliphatic heterocycles. The SMILES string of the molecule is Cc1cc(C)cc(N=c2oc3c(C)ncc(CO)c3cc2C(=O)Nc2cccc(C)c2)c1. The Morgan fingerprint density at radius 3 is 2.47 bits per heavy atom. The van der Waals surface area contributed by atoms with Gasteiger partial charge < -0.3 is 14.8 Å². The number of anilines is 1. The minimum Gasteiger partial charge on any atom is -0.436 e. The van der Waals surface area contributed by atoms with Crippen molar-refractivity contribution in [2.24, 2.45) is 4.99 Å². The monoisotopic (exact) mass is 427 g/mol. The lowest BCUT2D eigenvalue weighted by Crippen LogP contribution is -2.22. The number of hydrogen-bond acceptors (Lipinski definition) is 5. The number of aliphatic hydroxyl groups is 1. The van der Waals surface area contributed by atoms with E-state index in [-0.39, 0.29) is 23.6 Å². The normalized spacial score (nSPS) is 11.7. The van der Waals surface area contributed by atoms with E-state index in [4.69, 9.17) is 4.42 Å². The number of nitrogens with one attached hydrogen (secondary N) is 1. The average Bonchev–Trinajstić information content (AvgIpc) is 2.73. The summed E-state index contributed by atoms with van der Waals surface area (Å²) in [6.45, 7) is 7.56. The second-order valence-electron chi connectivity index (χ2n) is 8.02. The van der Waals surface area contributed by atoms with Gasteiger partial charge in [0.15, 0.2) is 5.58 Å². The number of carbonyl (C=O) groups is 1. The molecule has 0 aliphatic rings. The van der Waals surface area contributed by atoms with E-state index in [2.05, 4.69) is 21.4 Å². The lowest BCUT2D eigenvalue weighted by Gasteiger charge is -2.10. The minimum atomic E-state index is -0.345. The molecule has 1 amide bonds. The maximum Gasteiger partial charge on any atom is 0.261 e. The molecule has 6 nitrogen and oxygen atoms in total. The number of carbonyl (C=O) groups excluding carboxylic acids is 1. The zero-order chi connectivity index (χ0) is 22.8. The van der Waals surface area contributed by atoms with E-state index in [1.807, 2.05) is 64.1 Å². The van der Waals surface area contributed by atoms with Gasteiger partial charge in [-0.1, -0.05) is 18.2 Å². The molecular formula is C26H25N3O3. The number of hydrogen-bond donors (Lipinski definition) is 2. The molecule has 0 fully saturated rings. The van der Waals surface area contributed by atoms with Gasteiger partial charge in [0.05, 0.1) is 18.0 Å². The van der Waals surface area contributed by atoms with Gasteiger partial charge in [-0.3, -0.25) is 9.78 Å². The van der Waals surface area contributed by atoms with Gasteiger partial charge in [0.1, 0.15) is 5.56 Å². The van der Waals surface area contributed by atoms with Crippen LogP contribution in [0.5, 0.6) is 0 Å². The number of nitrogens with zero attached hydrogens (tertiary/aromatic N) is 2. The summed E-state index contributed by atoms with van der Waals surface area (Å²) in [7, 11) is 0. The molecule has 0 unspecified atom stereocenters. The molecule has 2 heterocycles. The summed E-state index contributed by atoms with van der Waals surface area (Å²) in [5, 5.41) is 13.3. The molecule has 0 bridgehead atoms. The van der Waals surface area contributed by atoms with Crippen LogP contribution in [0.2, 0.25) is 0 Å². The highest BCUT2D eigenvalue weighted by Gasteiger charge is 2.16. The maximum atomic E-state index is 13.3. The predicted octanol–water partition coefficient (Wildman–Crippen LogP) is 5.04. The summed E-state index contributed by atoms with van der Waals surface area (Å²) in [6.07, 6.45) is 1.59. The number of rotatable bonds is 4. The molecule has 2 N–H and O–H groups in total. The fourth-order valence-electron chi connectivity index (χ4n) is 3.71. The summed E-state index contributed by atoms with van der Waals surface area (Å²) >= 11 is 0. The quantitative estimate of drug-likeness (QED) is 0.478. The van der Waals surface area contributed by atoms with Crippen LogP contribution < -0.4 is 10.9 Å². The van der Waals surface area contributed by atoms with Gasteiger partial charge in [0.25, 0.3) is 5.91 Å². The van der Waals surface area contributed by atoms with Gasteiger partial charge in [-0.2, -0.15) is 0 Å². The Bertz CT molecular complexity index is 1380. The molecule has 4 rings (SSSR count). The first-order valence-electron chi connectivity index (χ1n) is 10.4. The smallest absolute Gasteiger partial charge is 0.261 e. The van der Waals surface area contributed by atoms with Gasteiger partial charge in [0, 0.05) is 22.8 Å². The van der Waals surface area contributed by atoms with Gasteiger partial charge in [0.2, 0.25) is 5.55 Å². The summed E-state index contributed by atoms with van der Waals surface area (Å²) in [5.41, 5.74) is 6.73. The number of benzene rings is 2. The third kappa shape index (κ3) is 4.45. The summed E-state index contributed by atoms with van der Waals surface area (Å²) in [6, 6.07) is 15.2. The number of pyridine rings is 1. The summed E-state index contributed by atoms with van der Waals surface area (Å²) in [5.74, 6) is -0.345. The number of aryl methyl sites for hydroxylation is 4. The average molecular weight is 428 g/mol. The van der Waals surface area contributed by atoms with Gasteiger partial charge in [-0.15, -0.1) is 0 Å². The van der Waals surface area contributed by atoms with Crippen LogP contribution in [-0.4, -0.2) is 16.0 Å². The van der Waals surface area contributed by atoms with E-state index < -0.39 is 0 Å². The molecule has 0 aliphatic carbocycles. The molecule has 32 heavy (non-hydrogen) atoms. The van der Waals surface area contributed by atoms with Crippen molar-refractivity contribution in [2.45, 2.75) is 34.3 Å². The van der Waals surface area contributed by atoms with E-state index in [0.29, 0.717) is 33.6 Å². The lowest BCUT2D eigenvalue weighted by molar-refractivity contribution is 0.102. The van der Waals surface area contributed by atoms with E-state index in [1.54, 1.807) is 12.3 Å². The molecule has 0 radical (unpaired) electrons. The van der Waals surface area contributed by atoms with E-state index in [0.717, 1.165) is 16.7 Å². The van der Waals surface area contributed by atoms with Crippen molar-refractivity contribution in [3.8, 4) is 0 Å². The van der Waals surface area contributed by atoms with Crippen molar-refractivity contribution < 1.29 is 14.3 Å². The molecule has 0 spiro atoms. The number of aromatic nitrogens is 1. The van der Waals surface area contributed by atoms with Gasteiger partial charge >= 0.3 is 0 Å². The van der Waals surface area contributed by atoms with Crippen molar-refractivity contribution >= 4 is 28.3 Å². The zero-order valence-electron chi connectivity index (χ0n) is 18.6. The van der Waals surface area contributed by atoms with E-state index in [1.165, 1.54) is 0 Å². The first kappa shape index (κ1) is 21.5. The lowest BCUT2D eigenvalue weighted by atomic mass is 10.1. The van der Waals surface area contributed by atoms with Crippen molar-refractivity contribution in [1.82, 2.24) is 4.98 Å². The molecule has 2 aromatic carbocycles. The highest BCUT2D eigenvalue weighted by molar-refractivity contribution is 6.05. The van der Waals surface area contributed by atoms with Crippen LogP contribution in [0.25, 0.3) is 11.0 Å². The van der Waals surface area contributed by atoms with Gasteiger partial charge in [-0.25, -0.2) is 4.99 Å². The standard InChI is InChI=1S/C26H25N3O3/c1-15-6-5-7-20(9-15)28-25(31)23-12-22-19(14-30)13-27-18(4)24(22)32-26(23)29-21-10-16(2)8-17(3)11-21/h5-13,30H,14H2,1-4H3,(H,28,31). The molecule has 0 saturated heterocycles. The number of fused-ring (bicyclic) bond motifs is 1. The fourth-order valence-corrected chi connectivity index (χ4v) is 3.71. The molecule has 6 heteroatoms. The largest absolute Gasteiger partial charge is 0.436 e. The maximum absolute atomic E-state index is 13.3. The Morgan fingerprint density at radius 1 is 1.03 bits per heavy atom. The third-order valence-corrected chi connectivity index (χ3v) is 5.18. The summed E-state index contributed by atoms with van der Waals surface area (Å²) in [4.78, 5) is 22.3. The van der Waals surface area contributed by atoms with E-state index >= 15 is 0 Å². The van der Waals surface area contributed by atoms with Crippen molar-refractivity contribution in [3.05, 3.63) is 93.8 Å². The van der Waals surface area contributed by atoms with Crippen LogP contribution in [0.4, 0.5) is 11.4 Å². The van der Waals surface area contributed by atoms with Crippen LogP contribution in [0.1, 0.15) is 38.3 Å². The van der Waals surface area contributed by atoms with Crippen LogP contribution in [0.15, 0.2) is 64.1 Å². The minimum absolute atomic E-state index is 0.188. The van der Waals surface area contributed by atoms with Gasteiger partial charge in [-0.05, 0) is 74.7 Å². The molecule has 0 atom stereocenters. The molecular weight excluding hydrogens is 402 g/mol. The van der Waals surface area contributed by atoms with E-state index in [9.17, 15) is 9.90 Å². The van der Waals surface area contributed by atoms with Crippen LogP contribution >= 0.6 is 0 Å². The molecule has 4 aromatic rings. The Labute approximate surface area is 186 Å². The highest BCUT2D eigenvalue weighted by Crippen LogP contribution is 2.23. The van der Waals surface area contributed by atoms with Crippen LogP contribution in [0, 0.1) is 27.7 Å². The fraction of sp³-hybridized carbons (Fsp3) is 0.192. The highest BCUT2D eigenvalue weighted by atomic mass is 16.3. The molecule has 0 saturated carbocycles.